The molecule has 0 amide bonds. The van der Waals surface area contributed by atoms with Crippen LogP contribution in [0, 0.1) is 11.3 Å². The highest BCUT2D eigenvalue weighted by Gasteiger charge is 2.31. The van der Waals surface area contributed by atoms with Crippen molar-refractivity contribution in [2.24, 2.45) is 5.73 Å². The maximum Gasteiger partial charge on any atom is 0.205 e. The molecule has 0 radical (unpaired) electrons. The van der Waals surface area contributed by atoms with Gasteiger partial charge < -0.3 is 15.4 Å². The fourth-order valence-corrected chi connectivity index (χ4v) is 4.00. The number of hydrogen-bond acceptors (Lipinski definition) is 4. The second-order valence-corrected chi connectivity index (χ2v) is 6.89. The predicted octanol–water partition coefficient (Wildman–Crippen LogP) is 4.90. The van der Waals surface area contributed by atoms with Crippen molar-refractivity contribution < 1.29 is 4.74 Å². The van der Waals surface area contributed by atoms with E-state index in [0.29, 0.717) is 5.57 Å². The Morgan fingerprint density at radius 3 is 2.39 bits per heavy atom. The van der Waals surface area contributed by atoms with E-state index < -0.39 is 0 Å². The van der Waals surface area contributed by atoms with Crippen molar-refractivity contribution in [1.82, 2.24) is 0 Å². The first kappa shape index (κ1) is 17.9. The van der Waals surface area contributed by atoms with E-state index in [1.54, 1.807) is 0 Å². The zero-order valence-corrected chi connectivity index (χ0v) is 16.1. The highest BCUT2D eigenvalue weighted by molar-refractivity contribution is 5.90. The van der Waals surface area contributed by atoms with Gasteiger partial charge in [-0.15, -0.1) is 0 Å². The fourth-order valence-electron chi connectivity index (χ4n) is 4.00. The molecule has 0 unspecified atom stereocenters. The molecule has 4 rings (SSSR count). The van der Waals surface area contributed by atoms with Gasteiger partial charge in [-0.05, 0) is 36.9 Å². The summed E-state index contributed by atoms with van der Waals surface area (Å²) in [4.78, 5) is 2.30. The van der Waals surface area contributed by atoms with Gasteiger partial charge in [-0.1, -0.05) is 48.5 Å². The lowest BCUT2D eigenvalue weighted by Crippen LogP contribution is -2.22. The number of anilines is 1. The van der Waals surface area contributed by atoms with Crippen molar-refractivity contribution in [2.75, 3.05) is 18.0 Å². The molecule has 4 nitrogen and oxygen atoms in total. The molecule has 0 saturated heterocycles. The molecule has 2 N–H and O–H groups in total. The minimum absolute atomic E-state index is 0.184. The monoisotopic (exact) mass is 369 g/mol. The van der Waals surface area contributed by atoms with Crippen LogP contribution in [0.5, 0.6) is 5.75 Å². The molecule has 0 aromatic heterocycles. The van der Waals surface area contributed by atoms with E-state index in [0.717, 1.165) is 40.7 Å². The van der Waals surface area contributed by atoms with E-state index in [1.165, 1.54) is 5.69 Å². The Labute approximate surface area is 165 Å². The van der Waals surface area contributed by atoms with Gasteiger partial charge >= 0.3 is 0 Å². The van der Waals surface area contributed by atoms with E-state index >= 15 is 0 Å². The van der Waals surface area contributed by atoms with Crippen molar-refractivity contribution in [1.29, 1.82) is 5.26 Å². The third kappa shape index (κ3) is 2.86. The number of nitrogens with zero attached hydrogens (tertiary/aromatic N) is 2. The van der Waals surface area contributed by atoms with Gasteiger partial charge in [0.05, 0.1) is 5.92 Å². The van der Waals surface area contributed by atoms with Crippen molar-refractivity contribution in [3.8, 4) is 11.8 Å². The number of nitrogens with two attached hydrogens (primary N) is 1. The molecule has 0 bridgehead atoms. The number of fused-ring (bicyclic) bond motifs is 3. The van der Waals surface area contributed by atoms with Gasteiger partial charge in [-0.3, -0.25) is 0 Å². The van der Waals surface area contributed by atoms with Crippen LogP contribution in [-0.4, -0.2) is 13.1 Å². The van der Waals surface area contributed by atoms with Crippen LogP contribution in [0.15, 0.2) is 72.1 Å². The lowest BCUT2D eigenvalue weighted by atomic mass is 9.82. The molecule has 0 aliphatic carbocycles. The van der Waals surface area contributed by atoms with Crippen LogP contribution in [0.4, 0.5) is 5.69 Å². The lowest BCUT2D eigenvalue weighted by molar-refractivity contribution is 0.398. The summed E-state index contributed by atoms with van der Waals surface area (Å²) in [5.74, 6) is 0.695. The summed E-state index contributed by atoms with van der Waals surface area (Å²) < 4.78 is 5.92. The summed E-state index contributed by atoms with van der Waals surface area (Å²) in [5, 5.41) is 11.9. The summed E-state index contributed by atoms with van der Waals surface area (Å²) in [7, 11) is 0. The van der Waals surface area contributed by atoms with E-state index in [4.69, 9.17) is 10.5 Å². The van der Waals surface area contributed by atoms with E-state index in [2.05, 4.69) is 55.1 Å². The first-order valence-electron chi connectivity index (χ1n) is 9.62. The maximum absolute atomic E-state index is 9.77. The molecular weight excluding hydrogens is 346 g/mol. The zero-order chi connectivity index (χ0) is 19.7. The summed E-state index contributed by atoms with van der Waals surface area (Å²) in [6.45, 7) is 6.21. The zero-order valence-electron chi connectivity index (χ0n) is 16.1. The Balaban J connectivity index is 1.86. The Morgan fingerprint density at radius 2 is 1.71 bits per heavy atom. The number of nitriles is 1. The SMILES string of the molecule is CCN(CC)c1ccc([C@H]2C(C#N)=C(N)Oc3c2ccc2ccccc32)cc1. The van der Waals surface area contributed by atoms with Crippen molar-refractivity contribution in [2.45, 2.75) is 19.8 Å². The molecule has 28 heavy (non-hydrogen) atoms. The predicted molar refractivity (Wildman–Crippen MR) is 113 cm³/mol. The van der Waals surface area contributed by atoms with Crippen LogP contribution < -0.4 is 15.4 Å². The van der Waals surface area contributed by atoms with Gasteiger partial charge in [0.2, 0.25) is 5.88 Å². The Kier molecular flexibility index (Phi) is 4.67. The second-order valence-electron chi connectivity index (χ2n) is 6.89. The normalized spacial score (nSPS) is 15.7. The molecule has 0 spiro atoms. The van der Waals surface area contributed by atoms with Crippen molar-refractivity contribution in [3.05, 3.63) is 83.2 Å². The molecular formula is C24H23N3O. The van der Waals surface area contributed by atoms with Crippen molar-refractivity contribution in [3.63, 3.8) is 0 Å². The van der Waals surface area contributed by atoms with Gasteiger partial charge in [-0.2, -0.15) is 5.26 Å². The topological polar surface area (TPSA) is 62.3 Å². The Morgan fingerprint density at radius 1 is 1.00 bits per heavy atom. The van der Waals surface area contributed by atoms with Crippen LogP contribution >= 0.6 is 0 Å². The minimum atomic E-state index is -0.232. The van der Waals surface area contributed by atoms with Crippen LogP contribution in [-0.2, 0) is 0 Å². The summed E-state index contributed by atoms with van der Waals surface area (Å²) in [6.07, 6.45) is 0. The minimum Gasteiger partial charge on any atom is -0.440 e. The Bertz CT molecular complexity index is 1090. The molecule has 1 heterocycles. The van der Waals surface area contributed by atoms with Gasteiger partial charge in [0.15, 0.2) is 0 Å². The maximum atomic E-state index is 9.77. The van der Waals surface area contributed by atoms with Crippen LogP contribution in [0.1, 0.15) is 30.9 Å². The highest BCUT2D eigenvalue weighted by atomic mass is 16.5. The number of ether oxygens (including phenoxy) is 1. The molecule has 1 atom stereocenters. The van der Waals surface area contributed by atoms with E-state index in [1.807, 2.05) is 30.3 Å². The molecule has 3 aromatic rings. The van der Waals surface area contributed by atoms with Crippen LogP contribution in [0.3, 0.4) is 0 Å². The Hall–Kier alpha value is -3.45. The molecule has 140 valence electrons. The quantitative estimate of drug-likeness (QED) is 0.710. The first-order valence-corrected chi connectivity index (χ1v) is 9.62. The third-order valence-electron chi connectivity index (χ3n) is 5.46. The fraction of sp³-hybridized carbons (Fsp3) is 0.208. The van der Waals surface area contributed by atoms with Crippen LogP contribution in [0.25, 0.3) is 10.8 Å². The smallest absolute Gasteiger partial charge is 0.205 e. The van der Waals surface area contributed by atoms with Crippen LogP contribution in [0.2, 0.25) is 0 Å². The molecule has 0 saturated carbocycles. The number of hydrogen-bond donors (Lipinski definition) is 1. The molecule has 3 aromatic carbocycles. The standard InChI is InChI=1S/C24H23N3O/c1-3-27(4-2)18-12-9-17(10-13-18)22-20-14-11-16-7-5-6-8-19(16)23(20)28-24(26)21(22)15-25/h5-14,22H,3-4,26H2,1-2H3/t22-/m1/s1. The first-order chi connectivity index (χ1) is 13.7. The molecule has 4 heteroatoms. The van der Waals surface area contributed by atoms with Gasteiger partial charge in [0.1, 0.15) is 17.4 Å². The average Bonchev–Trinajstić information content (AvgIpc) is 2.74. The second kappa shape index (κ2) is 7.28. The van der Waals surface area contributed by atoms with Gasteiger partial charge in [0, 0.05) is 29.7 Å². The number of benzene rings is 3. The lowest BCUT2D eigenvalue weighted by Gasteiger charge is -2.28. The number of rotatable bonds is 4. The average molecular weight is 369 g/mol. The summed E-state index contributed by atoms with van der Waals surface area (Å²) >= 11 is 0. The molecule has 0 fully saturated rings. The molecule has 1 aliphatic rings. The van der Waals surface area contributed by atoms with Gasteiger partial charge in [0.25, 0.3) is 0 Å². The molecule has 1 aliphatic heterocycles. The van der Waals surface area contributed by atoms with E-state index in [-0.39, 0.29) is 11.8 Å². The highest BCUT2D eigenvalue weighted by Crippen LogP contribution is 2.45. The number of allylic oxidation sites excluding steroid dienone is 1. The third-order valence-corrected chi connectivity index (χ3v) is 5.46. The largest absolute Gasteiger partial charge is 0.440 e. The van der Waals surface area contributed by atoms with Gasteiger partial charge in [-0.25, -0.2) is 0 Å². The van der Waals surface area contributed by atoms with Crippen molar-refractivity contribution >= 4 is 16.5 Å². The summed E-state index contributed by atoms with van der Waals surface area (Å²) in [6, 6.07) is 22.9. The van der Waals surface area contributed by atoms with E-state index in [9.17, 15) is 5.26 Å². The summed E-state index contributed by atoms with van der Waals surface area (Å²) in [5.41, 5.74) is 9.81.